The minimum Gasteiger partial charge on any atom is -0.396 e. The van der Waals surface area contributed by atoms with Crippen molar-refractivity contribution in [3.8, 4) is 0 Å². The number of aliphatic hydroxyl groups excluding tert-OH is 1. The van der Waals surface area contributed by atoms with Crippen LogP contribution in [0.1, 0.15) is 16.8 Å². The quantitative estimate of drug-likeness (QED) is 0.757. The van der Waals surface area contributed by atoms with E-state index in [0.29, 0.717) is 12.0 Å². The van der Waals surface area contributed by atoms with Gasteiger partial charge in [-0.15, -0.1) is 0 Å². The molecule has 102 valence electrons. The number of hydrogen-bond acceptors (Lipinski definition) is 3. The Balaban J connectivity index is 2.09. The second-order valence-electron chi connectivity index (χ2n) is 4.42. The molecule has 1 amide bonds. The molecule has 0 saturated carbocycles. The van der Waals surface area contributed by atoms with Crippen LogP contribution in [0.25, 0.3) is 10.9 Å². The van der Waals surface area contributed by atoms with E-state index in [0.717, 1.165) is 16.7 Å². The number of fused-ring (bicyclic) bond motifs is 1. The third-order valence-corrected chi connectivity index (χ3v) is 3.73. The van der Waals surface area contributed by atoms with Gasteiger partial charge in [-0.2, -0.15) is 11.8 Å². The number of carbonyl (C=O) groups is 1. The minimum atomic E-state index is -0.0874. The summed E-state index contributed by atoms with van der Waals surface area (Å²) in [6.07, 6.45) is 4.43. The maximum absolute atomic E-state index is 12.2. The molecule has 2 rings (SSSR count). The maximum Gasteiger partial charge on any atom is 0.251 e. The standard InChI is InChI=1S/C14H18N2O2S/c1-19-9-12(5-7-17)16-14(18)11-2-3-13-10(8-11)4-6-15-13/h2-4,6,8,12,15,17H,5,7,9H2,1H3,(H,16,18). The highest BCUT2D eigenvalue weighted by Crippen LogP contribution is 2.14. The van der Waals surface area contributed by atoms with Crippen molar-refractivity contribution in [3.05, 3.63) is 36.0 Å². The topological polar surface area (TPSA) is 65.1 Å². The van der Waals surface area contributed by atoms with Crippen molar-refractivity contribution in [2.75, 3.05) is 18.6 Å². The van der Waals surface area contributed by atoms with Gasteiger partial charge in [0.1, 0.15) is 0 Å². The lowest BCUT2D eigenvalue weighted by Gasteiger charge is -2.16. The number of hydrogen-bond donors (Lipinski definition) is 3. The number of nitrogens with one attached hydrogen (secondary N) is 2. The average Bonchev–Trinajstić information content (AvgIpc) is 2.86. The molecule has 1 unspecified atom stereocenters. The van der Waals surface area contributed by atoms with E-state index in [1.54, 1.807) is 11.8 Å². The first-order valence-electron chi connectivity index (χ1n) is 6.22. The first-order valence-corrected chi connectivity index (χ1v) is 7.62. The molecular formula is C14H18N2O2S. The summed E-state index contributed by atoms with van der Waals surface area (Å²) in [5, 5.41) is 13.0. The molecule has 0 fully saturated rings. The van der Waals surface area contributed by atoms with Crippen LogP contribution in [0.3, 0.4) is 0 Å². The number of aliphatic hydroxyl groups is 1. The molecule has 0 aliphatic heterocycles. The lowest BCUT2D eigenvalue weighted by atomic mass is 10.1. The van der Waals surface area contributed by atoms with Crippen LogP contribution in [0, 0.1) is 0 Å². The van der Waals surface area contributed by atoms with Crippen LogP contribution in [-0.4, -0.2) is 40.7 Å². The number of H-pyrrole nitrogens is 1. The molecule has 4 nitrogen and oxygen atoms in total. The third kappa shape index (κ3) is 3.52. The zero-order chi connectivity index (χ0) is 13.7. The van der Waals surface area contributed by atoms with Gasteiger partial charge in [-0.3, -0.25) is 4.79 Å². The van der Waals surface area contributed by atoms with E-state index < -0.39 is 0 Å². The zero-order valence-corrected chi connectivity index (χ0v) is 11.7. The smallest absolute Gasteiger partial charge is 0.251 e. The summed E-state index contributed by atoms with van der Waals surface area (Å²) in [5.74, 6) is 0.717. The van der Waals surface area contributed by atoms with Crippen LogP contribution in [0.5, 0.6) is 0 Å². The third-order valence-electron chi connectivity index (χ3n) is 3.00. The van der Waals surface area contributed by atoms with Crippen LogP contribution < -0.4 is 5.32 Å². The molecule has 1 aromatic heterocycles. The van der Waals surface area contributed by atoms with Crippen LogP contribution in [0.15, 0.2) is 30.5 Å². The summed E-state index contributed by atoms with van der Waals surface area (Å²) in [4.78, 5) is 15.3. The van der Waals surface area contributed by atoms with E-state index in [1.165, 1.54) is 0 Å². The van der Waals surface area contributed by atoms with Gasteiger partial charge in [0.25, 0.3) is 5.91 Å². The van der Waals surface area contributed by atoms with E-state index in [2.05, 4.69) is 10.3 Å². The summed E-state index contributed by atoms with van der Waals surface area (Å²) >= 11 is 1.66. The molecule has 0 spiro atoms. The number of thioether (sulfide) groups is 1. The fourth-order valence-electron chi connectivity index (χ4n) is 2.02. The second-order valence-corrected chi connectivity index (χ2v) is 5.33. The van der Waals surface area contributed by atoms with Gasteiger partial charge in [0.2, 0.25) is 0 Å². The monoisotopic (exact) mass is 278 g/mol. The van der Waals surface area contributed by atoms with Crippen LogP contribution in [0.2, 0.25) is 0 Å². The number of aromatic nitrogens is 1. The fourth-order valence-corrected chi connectivity index (χ4v) is 2.67. The molecule has 1 aromatic carbocycles. The Hall–Kier alpha value is -1.46. The minimum absolute atomic E-state index is 0.00872. The summed E-state index contributed by atoms with van der Waals surface area (Å²) in [7, 11) is 0. The number of carbonyl (C=O) groups excluding carboxylic acids is 1. The highest BCUT2D eigenvalue weighted by Gasteiger charge is 2.13. The average molecular weight is 278 g/mol. The SMILES string of the molecule is CSCC(CCO)NC(=O)c1ccc2[nH]ccc2c1. The largest absolute Gasteiger partial charge is 0.396 e. The van der Waals surface area contributed by atoms with Crippen molar-refractivity contribution in [1.29, 1.82) is 0 Å². The normalized spacial score (nSPS) is 12.5. The Morgan fingerprint density at radius 1 is 1.47 bits per heavy atom. The fraction of sp³-hybridized carbons (Fsp3) is 0.357. The van der Waals surface area contributed by atoms with Gasteiger partial charge in [0.15, 0.2) is 0 Å². The van der Waals surface area contributed by atoms with Gasteiger partial charge in [0.05, 0.1) is 0 Å². The molecule has 19 heavy (non-hydrogen) atoms. The molecule has 3 N–H and O–H groups in total. The molecule has 0 saturated heterocycles. The Morgan fingerprint density at radius 3 is 3.05 bits per heavy atom. The Morgan fingerprint density at radius 2 is 2.32 bits per heavy atom. The highest BCUT2D eigenvalue weighted by molar-refractivity contribution is 7.98. The molecule has 5 heteroatoms. The predicted octanol–water partition coefficient (Wildman–Crippen LogP) is 2.01. The predicted molar refractivity (Wildman–Crippen MR) is 79.6 cm³/mol. The van der Waals surface area contributed by atoms with Gasteiger partial charge in [-0.25, -0.2) is 0 Å². The zero-order valence-electron chi connectivity index (χ0n) is 10.8. The number of benzene rings is 1. The van der Waals surface area contributed by atoms with Gasteiger partial charge >= 0.3 is 0 Å². The van der Waals surface area contributed by atoms with Crippen molar-refractivity contribution in [3.63, 3.8) is 0 Å². The maximum atomic E-state index is 12.2. The molecular weight excluding hydrogens is 260 g/mol. The highest BCUT2D eigenvalue weighted by atomic mass is 32.2. The van der Waals surface area contributed by atoms with Gasteiger partial charge < -0.3 is 15.4 Å². The molecule has 0 aliphatic carbocycles. The molecule has 2 aromatic rings. The lowest BCUT2D eigenvalue weighted by Crippen LogP contribution is -2.37. The summed E-state index contributed by atoms with van der Waals surface area (Å²) < 4.78 is 0. The Labute approximate surface area is 116 Å². The summed E-state index contributed by atoms with van der Waals surface area (Å²) in [6.45, 7) is 0.0857. The molecule has 0 radical (unpaired) electrons. The van der Waals surface area contributed by atoms with Crippen molar-refractivity contribution < 1.29 is 9.90 Å². The van der Waals surface area contributed by atoms with Gasteiger partial charge in [-0.05, 0) is 36.9 Å². The van der Waals surface area contributed by atoms with Crippen LogP contribution in [0.4, 0.5) is 0 Å². The first kappa shape index (κ1) is 14.0. The first-order chi connectivity index (χ1) is 9.24. The summed E-state index contributed by atoms with van der Waals surface area (Å²) in [6, 6.07) is 7.54. The second kappa shape index (κ2) is 6.63. The Bertz CT molecular complexity index is 547. The summed E-state index contributed by atoms with van der Waals surface area (Å²) in [5.41, 5.74) is 1.67. The molecule has 0 aliphatic rings. The lowest BCUT2D eigenvalue weighted by molar-refractivity contribution is 0.0935. The van der Waals surface area contributed by atoms with E-state index in [-0.39, 0.29) is 18.6 Å². The van der Waals surface area contributed by atoms with Crippen LogP contribution in [-0.2, 0) is 0 Å². The van der Waals surface area contributed by atoms with E-state index in [9.17, 15) is 4.79 Å². The van der Waals surface area contributed by atoms with E-state index in [1.807, 2.05) is 36.7 Å². The molecule has 1 heterocycles. The van der Waals surface area contributed by atoms with Gasteiger partial charge in [-0.1, -0.05) is 0 Å². The Kier molecular flexibility index (Phi) is 4.87. The van der Waals surface area contributed by atoms with Crippen molar-refractivity contribution in [2.45, 2.75) is 12.5 Å². The van der Waals surface area contributed by atoms with Crippen molar-refractivity contribution in [1.82, 2.24) is 10.3 Å². The van der Waals surface area contributed by atoms with Crippen molar-refractivity contribution >= 4 is 28.6 Å². The number of amides is 1. The molecule has 0 bridgehead atoms. The van der Waals surface area contributed by atoms with Crippen molar-refractivity contribution in [2.24, 2.45) is 0 Å². The van der Waals surface area contributed by atoms with E-state index in [4.69, 9.17) is 5.11 Å². The molecule has 1 atom stereocenters. The van der Waals surface area contributed by atoms with Crippen LogP contribution >= 0.6 is 11.8 Å². The van der Waals surface area contributed by atoms with Gasteiger partial charge in [0, 0.05) is 41.1 Å². The van der Waals surface area contributed by atoms with E-state index >= 15 is 0 Å². The number of rotatable bonds is 6. The number of aromatic amines is 1.